The van der Waals surface area contributed by atoms with Gasteiger partial charge in [0.15, 0.2) is 0 Å². The number of carbonyl (C=O) groups excluding carboxylic acids is 6. The quantitative estimate of drug-likeness (QED) is 0.0488. The molecule has 2 N–H and O–H groups in total. The number of nitrogens with one attached hydrogen (secondary N) is 1. The summed E-state index contributed by atoms with van der Waals surface area (Å²) in [5, 5.41) is 20.6. The molecule has 71 heavy (non-hydrogen) atoms. The Balaban J connectivity index is 1.73. The Hall–Kier alpha value is -5.82. The molecule has 0 unspecified atom stereocenters. The fourth-order valence-electron chi connectivity index (χ4n) is 7.74. The van der Waals surface area contributed by atoms with E-state index >= 15 is 0 Å². The minimum atomic E-state index is -1.14. The number of benzene rings is 2. The second kappa shape index (κ2) is 29.5. The van der Waals surface area contributed by atoms with Crippen molar-refractivity contribution in [3.8, 4) is 0 Å². The lowest BCUT2D eigenvalue weighted by atomic mass is 10.1. The van der Waals surface area contributed by atoms with E-state index in [-0.39, 0.29) is 100 Å². The first-order chi connectivity index (χ1) is 33.4. The van der Waals surface area contributed by atoms with E-state index in [9.17, 15) is 38.7 Å². The molecule has 2 aromatic carbocycles. The van der Waals surface area contributed by atoms with Crippen molar-refractivity contribution in [2.45, 2.75) is 131 Å². The van der Waals surface area contributed by atoms with Crippen LogP contribution in [0.3, 0.4) is 0 Å². The van der Waals surface area contributed by atoms with Crippen LogP contribution in [-0.2, 0) is 57.9 Å². The molecule has 0 aliphatic carbocycles. The second-order valence-electron chi connectivity index (χ2n) is 19.8. The molecule has 5 amide bonds. The molecule has 0 fully saturated rings. The number of aromatic nitrogens is 3. The van der Waals surface area contributed by atoms with Crippen LogP contribution in [0.5, 0.6) is 0 Å². The molecule has 0 aliphatic rings. The maximum Gasteiger partial charge on any atom is 0.327 e. The van der Waals surface area contributed by atoms with Gasteiger partial charge in [-0.1, -0.05) is 72.3 Å². The van der Waals surface area contributed by atoms with Crippen LogP contribution < -0.4 is 5.32 Å². The standard InChI is InChI=1S/C52H79N9O9S/c1-11-40(3)60(30-24-48(65)58(29-25-50(67)70-52(6,7)8)35-45-36-59(55-54-45)34-43-16-13-12-14-17-43)49(66)23-28-57(26-15-33-71-38-46(51(68)69)53-41(4)62)47(64)22-27-56(42(5)63)31-32-61(9,10)37-44-20-18-39(2)19-21-44/h12-14,16-21,36,40,46H,11,15,22-35,37-38H2,1-10H3,(H-,53,62,68,69)/p+1/t40-,46-/m0/s1. The summed E-state index contributed by atoms with van der Waals surface area (Å²) in [5.74, 6) is -2.28. The van der Waals surface area contributed by atoms with Gasteiger partial charge in [-0.25, -0.2) is 9.48 Å². The number of esters is 1. The molecule has 392 valence electrons. The third-order valence-corrected chi connectivity index (χ3v) is 13.0. The second-order valence-corrected chi connectivity index (χ2v) is 21.0. The number of amides is 5. The van der Waals surface area contributed by atoms with Crippen LogP contribution in [0.4, 0.5) is 0 Å². The predicted octanol–water partition coefficient (Wildman–Crippen LogP) is 5.16. The van der Waals surface area contributed by atoms with Crippen molar-refractivity contribution in [1.29, 1.82) is 0 Å². The van der Waals surface area contributed by atoms with Crippen LogP contribution in [0, 0.1) is 6.92 Å². The summed E-state index contributed by atoms with van der Waals surface area (Å²) in [6, 6.07) is 16.9. The number of ether oxygens (including phenoxy) is 1. The van der Waals surface area contributed by atoms with Gasteiger partial charge < -0.3 is 39.2 Å². The fraction of sp³-hybridized carbons (Fsp3) is 0.596. The number of aryl methyl sites for hydroxylation is 1. The molecule has 3 rings (SSSR count). The first-order valence-electron chi connectivity index (χ1n) is 24.7. The minimum absolute atomic E-state index is 0.0188. The summed E-state index contributed by atoms with van der Waals surface area (Å²) < 4.78 is 7.86. The van der Waals surface area contributed by atoms with Crippen LogP contribution in [0.2, 0.25) is 0 Å². The molecule has 3 aromatic rings. The Kier molecular flexibility index (Phi) is 24.7. The maximum atomic E-state index is 14.2. The first-order valence-corrected chi connectivity index (χ1v) is 25.8. The summed E-state index contributed by atoms with van der Waals surface area (Å²) in [6.45, 7) is 17.2. The van der Waals surface area contributed by atoms with Crippen LogP contribution >= 0.6 is 11.8 Å². The van der Waals surface area contributed by atoms with Crippen molar-refractivity contribution < 1.29 is 47.9 Å². The molecule has 0 saturated heterocycles. The summed E-state index contributed by atoms with van der Waals surface area (Å²) in [6.07, 6.45) is 2.83. The first kappa shape index (κ1) is 59.5. The van der Waals surface area contributed by atoms with Gasteiger partial charge in [-0.15, -0.1) is 5.10 Å². The van der Waals surface area contributed by atoms with Crippen molar-refractivity contribution >= 4 is 53.2 Å². The molecule has 0 spiro atoms. The Morgan fingerprint density at radius 1 is 0.803 bits per heavy atom. The van der Waals surface area contributed by atoms with Crippen molar-refractivity contribution in [3.63, 3.8) is 0 Å². The smallest absolute Gasteiger partial charge is 0.327 e. The average molecular weight is 1010 g/mol. The highest BCUT2D eigenvalue weighted by Crippen LogP contribution is 2.16. The monoisotopic (exact) mass is 1010 g/mol. The molecular weight excluding hydrogens is 927 g/mol. The number of quaternary nitrogens is 1. The van der Waals surface area contributed by atoms with E-state index in [1.165, 1.54) is 36.7 Å². The van der Waals surface area contributed by atoms with Crippen LogP contribution in [0.25, 0.3) is 0 Å². The zero-order chi connectivity index (χ0) is 52.7. The van der Waals surface area contributed by atoms with Crippen molar-refractivity contribution in [2.75, 3.05) is 71.4 Å². The van der Waals surface area contributed by atoms with Gasteiger partial charge in [0.2, 0.25) is 29.5 Å². The number of likely N-dealkylation sites (N-methyl/N-ethyl adjacent to an activating group) is 1. The SMILES string of the molecule is CC[C@H](C)N(CCC(=O)N(CCC(=O)OC(C)(C)C)Cc1cn(Cc2ccccc2)nn1)C(=O)CCN(CCCSC[C@H](NC(C)=O)C(=O)O)C(=O)CCN(CC[N+](C)(C)Cc1ccc(C)cc1)C(C)=O. The number of nitrogens with zero attached hydrogens (tertiary/aromatic N) is 8. The summed E-state index contributed by atoms with van der Waals surface area (Å²) in [7, 11) is 4.22. The minimum Gasteiger partial charge on any atom is -0.480 e. The Morgan fingerprint density at radius 2 is 1.42 bits per heavy atom. The molecule has 0 radical (unpaired) electrons. The van der Waals surface area contributed by atoms with Crippen LogP contribution in [0.1, 0.15) is 109 Å². The Bertz CT molecular complexity index is 2180. The largest absolute Gasteiger partial charge is 0.480 e. The van der Waals surface area contributed by atoms with E-state index in [1.807, 2.05) is 51.1 Å². The highest BCUT2D eigenvalue weighted by atomic mass is 32.2. The van der Waals surface area contributed by atoms with E-state index in [0.29, 0.717) is 48.4 Å². The predicted molar refractivity (Wildman–Crippen MR) is 275 cm³/mol. The number of hydrogen-bond acceptors (Lipinski definition) is 11. The third kappa shape index (κ3) is 23.3. The summed E-state index contributed by atoms with van der Waals surface area (Å²) >= 11 is 1.34. The van der Waals surface area contributed by atoms with E-state index in [4.69, 9.17) is 4.74 Å². The number of thioether (sulfide) groups is 1. The third-order valence-electron chi connectivity index (χ3n) is 11.9. The van der Waals surface area contributed by atoms with Gasteiger partial charge in [0.25, 0.3) is 0 Å². The van der Waals surface area contributed by atoms with Crippen LogP contribution in [-0.4, -0.2) is 175 Å². The zero-order valence-corrected chi connectivity index (χ0v) is 44.7. The lowest BCUT2D eigenvalue weighted by Crippen LogP contribution is -2.47. The van der Waals surface area contributed by atoms with Gasteiger partial charge in [-0.2, -0.15) is 11.8 Å². The molecule has 0 saturated carbocycles. The number of hydrogen-bond donors (Lipinski definition) is 2. The van der Waals surface area contributed by atoms with Gasteiger partial charge in [0.05, 0.1) is 52.9 Å². The normalized spacial score (nSPS) is 12.4. The Morgan fingerprint density at radius 3 is 2.04 bits per heavy atom. The summed E-state index contributed by atoms with van der Waals surface area (Å²) in [4.78, 5) is 97.7. The number of carboxylic acids is 1. The van der Waals surface area contributed by atoms with Gasteiger partial charge in [-0.05, 0) is 58.8 Å². The molecule has 19 heteroatoms. The molecule has 0 aliphatic heterocycles. The zero-order valence-electron chi connectivity index (χ0n) is 43.9. The molecule has 1 aromatic heterocycles. The van der Waals surface area contributed by atoms with Crippen molar-refractivity contribution in [3.05, 3.63) is 83.2 Å². The lowest BCUT2D eigenvalue weighted by molar-refractivity contribution is -0.903. The number of aliphatic carboxylic acids is 1. The van der Waals surface area contributed by atoms with E-state index in [0.717, 1.165) is 12.1 Å². The number of carbonyl (C=O) groups is 7. The Labute approximate surface area is 425 Å². The average Bonchev–Trinajstić information content (AvgIpc) is 3.74. The van der Waals surface area contributed by atoms with Crippen molar-refractivity contribution in [2.24, 2.45) is 0 Å². The fourth-order valence-corrected chi connectivity index (χ4v) is 8.70. The molecule has 0 bridgehead atoms. The highest BCUT2D eigenvalue weighted by molar-refractivity contribution is 7.99. The van der Waals surface area contributed by atoms with Gasteiger partial charge in [0, 0.05) is 83.2 Å². The number of rotatable bonds is 31. The molecule has 18 nitrogen and oxygen atoms in total. The van der Waals surface area contributed by atoms with Crippen molar-refractivity contribution in [1.82, 2.24) is 39.9 Å². The lowest BCUT2D eigenvalue weighted by Gasteiger charge is -2.33. The summed E-state index contributed by atoms with van der Waals surface area (Å²) in [5.41, 5.74) is 3.25. The van der Waals surface area contributed by atoms with E-state index < -0.39 is 29.5 Å². The van der Waals surface area contributed by atoms with E-state index in [1.54, 1.807) is 51.2 Å². The van der Waals surface area contributed by atoms with Gasteiger partial charge in [-0.3, -0.25) is 28.8 Å². The maximum absolute atomic E-state index is 14.2. The highest BCUT2D eigenvalue weighted by Gasteiger charge is 2.27. The molecule has 2 atom stereocenters. The number of carboxylic acid groups (broad SMARTS) is 1. The van der Waals surface area contributed by atoms with Gasteiger partial charge >= 0.3 is 11.9 Å². The van der Waals surface area contributed by atoms with Crippen LogP contribution in [0.15, 0.2) is 60.8 Å². The van der Waals surface area contributed by atoms with E-state index in [2.05, 4.69) is 54.0 Å². The van der Waals surface area contributed by atoms with Gasteiger partial charge in [0.1, 0.15) is 23.9 Å². The molecular formula is C52H80N9O9S+. The topological polar surface area (TPSA) is 205 Å². The molecule has 1 heterocycles.